The number of hydrazone groups is 1. The van der Waals surface area contributed by atoms with E-state index < -0.39 is 0 Å². The van der Waals surface area contributed by atoms with Crippen molar-refractivity contribution in [2.75, 3.05) is 31.1 Å². The van der Waals surface area contributed by atoms with Crippen molar-refractivity contribution < 1.29 is 0 Å². The van der Waals surface area contributed by atoms with Crippen molar-refractivity contribution in [3.05, 3.63) is 59.4 Å². The smallest absolute Gasteiger partial charge is 0.0558 e. The average molecular weight is 301 g/mol. The van der Waals surface area contributed by atoms with Gasteiger partial charge in [0, 0.05) is 41.8 Å². The molecule has 0 radical (unpaired) electrons. The van der Waals surface area contributed by atoms with E-state index in [4.69, 9.17) is 11.6 Å². The fourth-order valence-corrected chi connectivity index (χ4v) is 2.45. The summed E-state index contributed by atoms with van der Waals surface area (Å²) in [7, 11) is 0. The molecule has 0 atom stereocenters. The highest BCUT2D eigenvalue weighted by Crippen LogP contribution is 2.19. The molecule has 2 aromatic rings. The summed E-state index contributed by atoms with van der Waals surface area (Å²) >= 11 is 5.92. The average Bonchev–Trinajstić information content (AvgIpc) is 2.55. The van der Waals surface area contributed by atoms with E-state index >= 15 is 0 Å². The van der Waals surface area contributed by atoms with Crippen LogP contribution in [0.15, 0.2) is 53.9 Å². The Morgan fingerprint density at radius 1 is 1.05 bits per heavy atom. The van der Waals surface area contributed by atoms with Gasteiger partial charge in [-0.25, -0.2) is 0 Å². The first kappa shape index (κ1) is 13.9. The quantitative estimate of drug-likeness (QED) is 0.817. The van der Waals surface area contributed by atoms with Crippen molar-refractivity contribution >= 4 is 23.5 Å². The van der Waals surface area contributed by atoms with Crippen molar-refractivity contribution in [1.29, 1.82) is 0 Å². The summed E-state index contributed by atoms with van der Waals surface area (Å²) in [6.45, 7) is 3.76. The van der Waals surface area contributed by atoms with Crippen LogP contribution >= 0.6 is 11.6 Å². The largest absolute Gasteiger partial charge is 0.368 e. The lowest BCUT2D eigenvalue weighted by Crippen LogP contribution is -2.44. The summed E-state index contributed by atoms with van der Waals surface area (Å²) in [5.41, 5.74) is 2.24. The van der Waals surface area contributed by atoms with Crippen molar-refractivity contribution in [2.24, 2.45) is 5.10 Å². The lowest BCUT2D eigenvalue weighted by atomic mass is 10.2. The van der Waals surface area contributed by atoms with E-state index in [0.717, 1.165) is 36.8 Å². The minimum absolute atomic E-state index is 0.776. The summed E-state index contributed by atoms with van der Waals surface area (Å²) in [5, 5.41) is 7.39. The third kappa shape index (κ3) is 3.73. The molecule has 0 amide bonds. The number of rotatable bonds is 3. The van der Waals surface area contributed by atoms with Crippen molar-refractivity contribution in [3.8, 4) is 0 Å². The fourth-order valence-electron chi connectivity index (χ4n) is 2.32. The number of hydrogen-bond donors (Lipinski definition) is 0. The van der Waals surface area contributed by atoms with Crippen LogP contribution in [-0.4, -0.2) is 42.4 Å². The van der Waals surface area contributed by atoms with Crippen molar-refractivity contribution in [3.63, 3.8) is 0 Å². The van der Waals surface area contributed by atoms with E-state index in [0.29, 0.717) is 0 Å². The van der Waals surface area contributed by atoms with Gasteiger partial charge in [-0.15, -0.1) is 0 Å². The van der Waals surface area contributed by atoms with E-state index in [2.05, 4.69) is 32.1 Å². The second-order valence-electron chi connectivity index (χ2n) is 4.95. The summed E-state index contributed by atoms with van der Waals surface area (Å²) in [5.74, 6) is 0. The summed E-state index contributed by atoms with van der Waals surface area (Å²) in [6, 6.07) is 11.9. The maximum atomic E-state index is 5.92. The molecular formula is C16H17ClN4. The molecule has 1 saturated heterocycles. The molecule has 108 valence electrons. The lowest BCUT2D eigenvalue weighted by Gasteiger charge is -2.34. The molecule has 1 aliphatic rings. The third-order valence-corrected chi connectivity index (χ3v) is 3.75. The van der Waals surface area contributed by atoms with Crippen LogP contribution in [0.3, 0.4) is 0 Å². The monoisotopic (exact) mass is 300 g/mol. The Morgan fingerprint density at radius 3 is 2.48 bits per heavy atom. The SMILES string of the molecule is Clc1ccc(N2CCN(N=Cc3cccnc3)CC2)cc1. The molecule has 3 rings (SSSR count). The molecule has 1 aliphatic heterocycles. The maximum absolute atomic E-state index is 5.92. The Labute approximate surface area is 129 Å². The van der Waals surface area contributed by atoms with Crippen molar-refractivity contribution in [2.45, 2.75) is 0 Å². The van der Waals surface area contributed by atoms with Crippen LogP contribution in [0.5, 0.6) is 0 Å². The van der Waals surface area contributed by atoms with Gasteiger partial charge in [-0.2, -0.15) is 5.10 Å². The first-order valence-corrected chi connectivity index (χ1v) is 7.38. The molecule has 1 aromatic carbocycles. The molecule has 0 N–H and O–H groups in total. The Hall–Kier alpha value is -2.07. The van der Waals surface area contributed by atoms with Crippen LogP contribution in [-0.2, 0) is 0 Å². The van der Waals surface area contributed by atoms with Crippen LogP contribution in [0.4, 0.5) is 5.69 Å². The zero-order chi connectivity index (χ0) is 14.5. The second-order valence-corrected chi connectivity index (χ2v) is 5.38. The van der Waals surface area contributed by atoms with E-state index in [1.807, 2.05) is 36.7 Å². The maximum Gasteiger partial charge on any atom is 0.0558 e. The number of anilines is 1. The third-order valence-electron chi connectivity index (χ3n) is 3.50. The molecule has 1 fully saturated rings. The number of benzene rings is 1. The standard InChI is InChI=1S/C16H17ClN4/c17-15-3-5-16(6-4-15)20-8-10-21(11-9-20)19-13-14-2-1-7-18-12-14/h1-7,12-13H,8-11H2. The molecule has 4 nitrogen and oxygen atoms in total. The number of aromatic nitrogens is 1. The minimum atomic E-state index is 0.776. The Bertz CT molecular complexity index is 589. The first-order chi connectivity index (χ1) is 10.3. The van der Waals surface area contributed by atoms with Crippen molar-refractivity contribution in [1.82, 2.24) is 9.99 Å². The number of halogens is 1. The highest BCUT2D eigenvalue weighted by molar-refractivity contribution is 6.30. The van der Waals surface area contributed by atoms with Gasteiger partial charge in [-0.1, -0.05) is 17.7 Å². The molecule has 0 aliphatic carbocycles. The molecule has 0 bridgehead atoms. The van der Waals surface area contributed by atoms with Gasteiger partial charge in [0.25, 0.3) is 0 Å². The van der Waals surface area contributed by atoms with Gasteiger partial charge < -0.3 is 4.90 Å². The molecule has 2 heterocycles. The second kappa shape index (κ2) is 6.59. The highest BCUT2D eigenvalue weighted by Gasteiger charge is 2.15. The van der Waals surface area contributed by atoms with Crippen LogP contribution < -0.4 is 4.90 Å². The molecule has 21 heavy (non-hydrogen) atoms. The van der Waals surface area contributed by atoms with Crippen LogP contribution in [0, 0.1) is 0 Å². The van der Waals surface area contributed by atoms with Crippen LogP contribution in [0.2, 0.25) is 5.02 Å². The fraction of sp³-hybridized carbons (Fsp3) is 0.250. The van der Waals surface area contributed by atoms with Gasteiger partial charge in [-0.3, -0.25) is 9.99 Å². The van der Waals surface area contributed by atoms with Gasteiger partial charge in [0.15, 0.2) is 0 Å². The topological polar surface area (TPSA) is 31.7 Å². The summed E-state index contributed by atoms with van der Waals surface area (Å²) < 4.78 is 0. The summed E-state index contributed by atoms with van der Waals surface area (Å²) in [6.07, 6.45) is 5.45. The number of pyridine rings is 1. The van der Waals surface area contributed by atoms with E-state index in [1.54, 1.807) is 6.20 Å². The first-order valence-electron chi connectivity index (χ1n) is 7.01. The molecule has 0 unspecified atom stereocenters. The van der Waals surface area contributed by atoms with Gasteiger partial charge in [0.05, 0.1) is 19.3 Å². The van der Waals surface area contributed by atoms with Gasteiger partial charge in [0.2, 0.25) is 0 Å². The van der Waals surface area contributed by atoms with Crippen LogP contribution in [0.1, 0.15) is 5.56 Å². The molecular weight excluding hydrogens is 284 g/mol. The highest BCUT2D eigenvalue weighted by atomic mass is 35.5. The number of hydrogen-bond acceptors (Lipinski definition) is 4. The van der Waals surface area contributed by atoms with E-state index in [9.17, 15) is 0 Å². The summed E-state index contributed by atoms with van der Waals surface area (Å²) in [4.78, 5) is 6.43. The zero-order valence-corrected chi connectivity index (χ0v) is 12.4. The predicted octanol–water partition coefficient (Wildman–Crippen LogP) is 2.89. The van der Waals surface area contributed by atoms with Gasteiger partial charge in [0.1, 0.15) is 0 Å². The van der Waals surface area contributed by atoms with Gasteiger partial charge >= 0.3 is 0 Å². The lowest BCUT2D eigenvalue weighted by molar-refractivity contribution is 0.272. The van der Waals surface area contributed by atoms with E-state index in [1.165, 1.54) is 5.69 Å². The minimum Gasteiger partial charge on any atom is -0.368 e. The predicted molar refractivity (Wildman–Crippen MR) is 87.1 cm³/mol. The number of nitrogens with zero attached hydrogens (tertiary/aromatic N) is 4. The van der Waals surface area contributed by atoms with E-state index in [-0.39, 0.29) is 0 Å². The zero-order valence-electron chi connectivity index (χ0n) is 11.7. The Morgan fingerprint density at radius 2 is 1.81 bits per heavy atom. The molecule has 0 saturated carbocycles. The Kier molecular flexibility index (Phi) is 4.36. The molecule has 0 spiro atoms. The van der Waals surface area contributed by atoms with Crippen LogP contribution in [0.25, 0.3) is 0 Å². The Balaban J connectivity index is 1.55. The number of piperazine rings is 1. The van der Waals surface area contributed by atoms with Gasteiger partial charge in [-0.05, 0) is 30.3 Å². The molecule has 1 aromatic heterocycles. The normalized spacial score (nSPS) is 15.7. The molecule has 5 heteroatoms.